The van der Waals surface area contributed by atoms with E-state index in [1.165, 1.54) is 0 Å². The first kappa shape index (κ1) is 22.1. The first-order valence-corrected chi connectivity index (χ1v) is 7.80. The van der Waals surface area contributed by atoms with E-state index < -0.39 is 0 Å². The molecule has 122 valence electrons. The maximum absolute atomic E-state index is 9.17. The number of nitrogens with zero attached hydrogens (tertiary/aromatic N) is 1. The second kappa shape index (κ2) is 15.2. The van der Waals surface area contributed by atoms with E-state index in [1.54, 1.807) is 7.11 Å². The molecule has 1 heterocycles. The van der Waals surface area contributed by atoms with E-state index in [0.717, 1.165) is 18.4 Å². The average Bonchev–Trinajstić information content (AvgIpc) is 2.49. The summed E-state index contributed by atoms with van der Waals surface area (Å²) < 4.78 is 5.27. The van der Waals surface area contributed by atoms with Crippen LogP contribution in [-0.2, 0) is 16.0 Å². The van der Waals surface area contributed by atoms with Crippen LogP contribution in [0.5, 0.6) is 0 Å². The number of aromatic nitrogens is 1. The second-order valence-electron chi connectivity index (χ2n) is 5.44. The van der Waals surface area contributed by atoms with Crippen LogP contribution in [0.1, 0.15) is 53.7 Å². The van der Waals surface area contributed by atoms with Gasteiger partial charge in [-0.15, -0.1) is 0 Å². The van der Waals surface area contributed by atoms with Gasteiger partial charge in [-0.2, -0.15) is 0 Å². The molecule has 0 N–H and O–H groups in total. The Labute approximate surface area is 131 Å². The molecule has 3 heteroatoms. The van der Waals surface area contributed by atoms with Gasteiger partial charge in [-0.05, 0) is 30.4 Å². The Morgan fingerprint density at radius 1 is 1.14 bits per heavy atom. The quantitative estimate of drug-likeness (QED) is 0.748. The maximum atomic E-state index is 9.17. The molecule has 21 heavy (non-hydrogen) atoms. The van der Waals surface area contributed by atoms with Gasteiger partial charge in [-0.3, -0.25) is 4.98 Å². The molecule has 0 saturated heterocycles. The van der Waals surface area contributed by atoms with Crippen LogP contribution in [0, 0.1) is 11.8 Å². The van der Waals surface area contributed by atoms with Crippen molar-refractivity contribution in [3.63, 3.8) is 0 Å². The lowest BCUT2D eigenvalue weighted by Crippen LogP contribution is -2.23. The summed E-state index contributed by atoms with van der Waals surface area (Å²) in [7, 11) is 1.78. The van der Waals surface area contributed by atoms with E-state index in [4.69, 9.17) is 4.74 Å². The Morgan fingerprint density at radius 2 is 1.67 bits per heavy atom. The minimum Gasteiger partial charge on any atom is -0.381 e. The van der Waals surface area contributed by atoms with E-state index in [9.17, 15) is 4.79 Å². The van der Waals surface area contributed by atoms with Crippen molar-refractivity contribution in [1.82, 2.24) is 4.98 Å². The summed E-state index contributed by atoms with van der Waals surface area (Å²) in [5.74, 6) is 1.27. The van der Waals surface area contributed by atoms with Crippen molar-refractivity contribution in [3.8, 4) is 0 Å². The second-order valence-corrected chi connectivity index (χ2v) is 5.44. The molecule has 0 fully saturated rings. The topological polar surface area (TPSA) is 39.2 Å². The minimum atomic E-state index is 0.421. The lowest BCUT2D eigenvalue weighted by molar-refractivity contribution is -0.107. The van der Waals surface area contributed by atoms with E-state index in [1.807, 2.05) is 31.3 Å². The first-order valence-electron chi connectivity index (χ1n) is 7.80. The molecule has 1 aromatic heterocycles. The monoisotopic (exact) mass is 295 g/mol. The first-order chi connectivity index (χ1) is 9.94. The molecular weight excluding hydrogens is 262 g/mol. The highest BCUT2D eigenvalue weighted by molar-refractivity contribution is 5.48. The van der Waals surface area contributed by atoms with Crippen molar-refractivity contribution in [2.75, 3.05) is 7.11 Å². The molecule has 0 unspecified atom stereocenters. The van der Waals surface area contributed by atoms with Crippen LogP contribution >= 0.6 is 0 Å². The molecule has 0 spiro atoms. The van der Waals surface area contributed by atoms with E-state index in [2.05, 4.69) is 39.6 Å². The molecule has 0 saturated carbocycles. The molecule has 0 radical (unpaired) electrons. The largest absolute Gasteiger partial charge is 0.381 e. The third-order valence-electron chi connectivity index (χ3n) is 2.84. The van der Waals surface area contributed by atoms with Gasteiger partial charge in [0.25, 0.3) is 0 Å². The number of aldehydes is 1. The highest BCUT2D eigenvalue weighted by atomic mass is 16.5. The van der Waals surface area contributed by atoms with Gasteiger partial charge in [0.15, 0.2) is 0 Å². The van der Waals surface area contributed by atoms with Gasteiger partial charge >= 0.3 is 0 Å². The zero-order valence-corrected chi connectivity index (χ0v) is 14.8. The van der Waals surface area contributed by atoms with Gasteiger partial charge in [0.05, 0.1) is 6.10 Å². The van der Waals surface area contributed by atoms with Crippen molar-refractivity contribution < 1.29 is 9.53 Å². The van der Waals surface area contributed by atoms with Crippen LogP contribution in [0.15, 0.2) is 24.4 Å². The predicted octanol–water partition coefficient (Wildman–Crippen LogP) is 4.55. The Morgan fingerprint density at radius 3 is 1.81 bits per heavy atom. The summed E-state index contributed by atoms with van der Waals surface area (Å²) in [6, 6.07) is 5.96. The number of aryl methyl sites for hydroxylation is 1. The molecule has 0 aliphatic carbocycles. The summed E-state index contributed by atoms with van der Waals surface area (Å²) in [6.45, 7) is 12.7. The normalized spacial score (nSPS) is 9.81. The number of hydrogen-bond donors (Lipinski definition) is 0. The highest BCUT2D eigenvalue weighted by Gasteiger charge is 2.15. The fourth-order valence-electron chi connectivity index (χ4n) is 1.92. The summed E-state index contributed by atoms with van der Waals surface area (Å²) in [5, 5.41) is 0. The molecule has 0 bridgehead atoms. The van der Waals surface area contributed by atoms with Gasteiger partial charge in [-0.25, -0.2) is 0 Å². The number of carbonyl (C=O) groups is 1. The van der Waals surface area contributed by atoms with Gasteiger partial charge in [0.1, 0.15) is 6.29 Å². The molecule has 3 nitrogen and oxygen atoms in total. The van der Waals surface area contributed by atoms with Crippen LogP contribution in [0.25, 0.3) is 0 Å². The standard InChI is InChI=1S/C8H18O.C7H9N.C3H6O/c1-6(2)8(9-5)7(3)4;1-2-7-5-3-4-6-8-7;1-2-3-4/h6-8H,1-5H3;3-6H,2H2,1H3;3H,2H2,1H3. The lowest BCUT2D eigenvalue weighted by atomic mass is 9.96. The Balaban J connectivity index is 0. The fourth-order valence-corrected chi connectivity index (χ4v) is 1.92. The van der Waals surface area contributed by atoms with Gasteiger partial charge in [0, 0.05) is 25.4 Å². The van der Waals surface area contributed by atoms with Crippen LogP contribution in [0.2, 0.25) is 0 Å². The molecule has 0 aliphatic rings. The van der Waals surface area contributed by atoms with E-state index in [-0.39, 0.29) is 0 Å². The summed E-state index contributed by atoms with van der Waals surface area (Å²) in [5.41, 5.74) is 1.16. The van der Waals surface area contributed by atoms with Crippen LogP contribution in [-0.4, -0.2) is 24.5 Å². The van der Waals surface area contributed by atoms with Crippen LogP contribution < -0.4 is 0 Å². The minimum absolute atomic E-state index is 0.421. The number of pyridine rings is 1. The van der Waals surface area contributed by atoms with Crippen molar-refractivity contribution in [1.29, 1.82) is 0 Å². The number of hydrogen-bond acceptors (Lipinski definition) is 3. The van der Waals surface area contributed by atoms with E-state index >= 15 is 0 Å². The highest BCUT2D eigenvalue weighted by Crippen LogP contribution is 2.14. The zero-order valence-electron chi connectivity index (χ0n) is 14.8. The Hall–Kier alpha value is -1.22. The van der Waals surface area contributed by atoms with E-state index in [0.29, 0.717) is 24.4 Å². The van der Waals surface area contributed by atoms with Gasteiger partial charge in [-0.1, -0.05) is 47.6 Å². The van der Waals surface area contributed by atoms with Crippen molar-refractivity contribution in [3.05, 3.63) is 30.1 Å². The molecule has 1 aromatic rings. The molecule has 1 rings (SSSR count). The summed E-state index contributed by atoms with van der Waals surface area (Å²) >= 11 is 0. The molecule has 0 aliphatic heterocycles. The Bertz CT molecular complexity index is 315. The number of ether oxygens (including phenoxy) is 1. The van der Waals surface area contributed by atoms with Gasteiger partial charge < -0.3 is 9.53 Å². The fraction of sp³-hybridized carbons (Fsp3) is 0.667. The predicted molar refractivity (Wildman–Crippen MR) is 90.4 cm³/mol. The third-order valence-corrected chi connectivity index (χ3v) is 2.84. The Kier molecular flexibility index (Phi) is 15.9. The lowest BCUT2D eigenvalue weighted by Gasteiger charge is -2.22. The van der Waals surface area contributed by atoms with Gasteiger partial charge in [0.2, 0.25) is 0 Å². The third kappa shape index (κ3) is 13.5. The van der Waals surface area contributed by atoms with Crippen molar-refractivity contribution >= 4 is 6.29 Å². The molecule has 0 amide bonds. The summed E-state index contributed by atoms with van der Waals surface area (Å²) in [4.78, 5) is 13.3. The zero-order chi connectivity index (χ0) is 16.7. The van der Waals surface area contributed by atoms with Crippen LogP contribution in [0.4, 0.5) is 0 Å². The molecular formula is C18H33NO2. The number of rotatable bonds is 5. The molecule has 0 aromatic carbocycles. The average molecular weight is 295 g/mol. The van der Waals surface area contributed by atoms with Crippen molar-refractivity contribution in [2.24, 2.45) is 11.8 Å². The van der Waals surface area contributed by atoms with Crippen LogP contribution in [0.3, 0.4) is 0 Å². The van der Waals surface area contributed by atoms with Crippen molar-refractivity contribution in [2.45, 2.75) is 60.5 Å². The summed E-state index contributed by atoms with van der Waals surface area (Å²) in [6.07, 6.45) is 4.78. The SMILES string of the molecule is CCC=O.CCc1ccccn1.COC(C(C)C)C(C)C. The maximum Gasteiger partial charge on any atom is 0.119 e. The molecule has 0 atom stereocenters. The smallest absolute Gasteiger partial charge is 0.119 e. The number of methoxy groups -OCH3 is 1. The number of carbonyl (C=O) groups excluding carboxylic acids is 1.